The maximum absolute atomic E-state index is 5.72. The summed E-state index contributed by atoms with van der Waals surface area (Å²) in [7, 11) is 2.08. The predicted octanol–water partition coefficient (Wildman–Crippen LogP) is 1.48. The van der Waals surface area contributed by atoms with Crippen LogP contribution in [0.3, 0.4) is 0 Å². The van der Waals surface area contributed by atoms with Gasteiger partial charge in [0.2, 0.25) is 0 Å². The predicted molar refractivity (Wildman–Crippen MR) is 61.5 cm³/mol. The molecular weight excluding hydrogens is 194 g/mol. The van der Waals surface area contributed by atoms with Crippen LogP contribution in [0.15, 0.2) is 6.20 Å². The van der Waals surface area contributed by atoms with Crippen molar-refractivity contribution in [2.75, 3.05) is 13.6 Å². The molecule has 0 aliphatic carbocycles. The summed E-state index contributed by atoms with van der Waals surface area (Å²) in [6, 6.07) is 0.227. The minimum absolute atomic E-state index is 0.227. The Hall–Kier alpha value is -0.450. The molecule has 0 spiro atoms. The van der Waals surface area contributed by atoms with Crippen molar-refractivity contribution >= 4 is 11.3 Å². The van der Waals surface area contributed by atoms with Gasteiger partial charge in [-0.2, -0.15) is 0 Å². The average molecular weight is 213 g/mol. The van der Waals surface area contributed by atoms with Crippen LogP contribution in [0.4, 0.5) is 0 Å². The van der Waals surface area contributed by atoms with Gasteiger partial charge in [-0.1, -0.05) is 6.92 Å². The zero-order valence-corrected chi connectivity index (χ0v) is 9.97. The number of thiazole rings is 1. The molecule has 1 heterocycles. The summed E-state index contributed by atoms with van der Waals surface area (Å²) in [6.45, 7) is 6.01. The molecule has 0 aromatic carbocycles. The molecular formula is C10H19N3S. The van der Waals surface area contributed by atoms with Crippen LogP contribution >= 0.6 is 11.3 Å². The van der Waals surface area contributed by atoms with Crippen molar-refractivity contribution in [1.29, 1.82) is 0 Å². The second kappa shape index (κ2) is 5.44. The van der Waals surface area contributed by atoms with Crippen LogP contribution in [0, 0.1) is 0 Å². The van der Waals surface area contributed by atoms with Gasteiger partial charge in [-0.3, -0.25) is 4.90 Å². The number of hydrogen-bond acceptors (Lipinski definition) is 4. The lowest BCUT2D eigenvalue weighted by atomic mass is 10.3. The number of nitrogens with two attached hydrogens (primary N) is 1. The highest BCUT2D eigenvalue weighted by Crippen LogP contribution is 2.14. The van der Waals surface area contributed by atoms with E-state index in [-0.39, 0.29) is 6.04 Å². The summed E-state index contributed by atoms with van der Waals surface area (Å²) in [5.41, 5.74) is 5.72. The Kier molecular flexibility index (Phi) is 4.51. The van der Waals surface area contributed by atoms with E-state index in [2.05, 4.69) is 23.9 Å². The van der Waals surface area contributed by atoms with Gasteiger partial charge < -0.3 is 5.73 Å². The first kappa shape index (κ1) is 11.6. The molecule has 4 heteroatoms. The number of likely N-dealkylation sites (N-methyl/N-ethyl adjacent to an activating group) is 1. The van der Waals surface area contributed by atoms with E-state index in [9.17, 15) is 0 Å². The van der Waals surface area contributed by atoms with E-state index >= 15 is 0 Å². The lowest BCUT2D eigenvalue weighted by molar-refractivity contribution is 0.309. The van der Waals surface area contributed by atoms with Gasteiger partial charge >= 0.3 is 0 Å². The van der Waals surface area contributed by atoms with Crippen molar-refractivity contribution in [2.45, 2.75) is 32.9 Å². The molecule has 2 N–H and O–H groups in total. The van der Waals surface area contributed by atoms with Gasteiger partial charge in [-0.05, 0) is 20.4 Å². The van der Waals surface area contributed by atoms with Crippen molar-refractivity contribution in [1.82, 2.24) is 9.88 Å². The van der Waals surface area contributed by atoms with E-state index in [1.165, 1.54) is 9.88 Å². The summed E-state index contributed by atoms with van der Waals surface area (Å²) < 4.78 is 0. The van der Waals surface area contributed by atoms with E-state index in [1.54, 1.807) is 11.3 Å². The molecule has 0 bridgehead atoms. The number of hydrogen-bond donors (Lipinski definition) is 1. The maximum atomic E-state index is 5.72. The first-order chi connectivity index (χ1) is 6.61. The molecule has 0 aliphatic heterocycles. The largest absolute Gasteiger partial charge is 0.327 e. The van der Waals surface area contributed by atoms with Gasteiger partial charge in [0.05, 0.1) is 6.54 Å². The van der Waals surface area contributed by atoms with Crippen LogP contribution in [-0.4, -0.2) is 29.5 Å². The van der Waals surface area contributed by atoms with E-state index in [0.29, 0.717) is 0 Å². The highest BCUT2D eigenvalue weighted by Gasteiger charge is 2.06. The van der Waals surface area contributed by atoms with Crippen molar-refractivity contribution < 1.29 is 0 Å². The Bertz CT molecular complexity index is 270. The topological polar surface area (TPSA) is 42.2 Å². The SMILES string of the molecule is CCc1cnc(CN(C)CC(C)N)s1. The molecule has 1 aromatic heterocycles. The van der Waals surface area contributed by atoms with Crippen molar-refractivity contribution in [3.63, 3.8) is 0 Å². The van der Waals surface area contributed by atoms with Gasteiger partial charge in [0.1, 0.15) is 5.01 Å². The smallest absolute Gasteiger partial charge is 0.107 e. The second-order valence-corrected chi connectivity index (χ2v) is 4.95. The van der Waals surface area contributed by atoms with E-state index in [1.807, 2.05) is 13.1 Å². The van der Waals surface area contributed by atoms with E-state index in [0.717, 1.165) is 19.5 Å². The molecule has 1 unspecified atom stereocenters. The van der Waals surface area contributed by atoms with Crippen LogP contribution in [0.5, 0.6) is 0 Å². The molecule has 1 rings (SSSR count). The van der Waals surface area contributed by atoms with E-state index in [4.69, 9.17) is 5.73 Å². The number of nitrogens with zero attached hydrogens (tertiary/aromatic N) is 2. The van der Waals surface area contributed by atoms with Crippen LogP contribution in [0.1, 0.15) is 23.7 Å². The molecule has 0 amide bonds. The fourth-order valence-electron chi connectivity index (χ4n) is 1.37. The Morgan fingerprint density at radius 3 is 2.86 bits per heavy atom. The van der Waals surface area contributed by atoms with E-state index < -0.39 is 0 Å². The molecule has 0 fully saturated rings. The highest BCUT2D eigenvalue weighted by molar-refractivity contribution is 7.11. The van der Waals surface area contributed by atoms with Crippen LogP contribution in [0.2, 0.25) is 0 Å². The first-order valence-electron chi connectivity index (χ1n) is 4.99. The minimum Gasteiger partial charge on any atom is -0.327 e. The normalized spacial score (nSPS) is 13.5. The third-order valence-corrected chi connectivity index (χ3v) is 3.08. The number of rotatable bonds is 5. The monoisotopic (exact) mass is 213 g/mol. The molecule has 1 atom stereocenters. The van der Waals surface area contributed by atoms with Crippen LogP contribution in [0.25, 0.3) is 0 Å². The molecule has 0 saturated heterocycles. The number of aromatic nitrogens is 1. The third-order valence-electron chi connectivity index (χ3n) is 1.95. The van der Waals surface area contributed by atoms with Gasteiger partial charge in [-0.25, -0.2) is 4.98 Å². The van der Waals surface area contributed by atoms with Gasteiger partial charge in [0.15, 0.2) is 0 Å². The Morgan fingerprint density at radius 2 is 2.36 bits per heavy atom. The zero-order valence-electron chi connectivity index (χ0n) is 9.16. The summed E-state index contributed by atoms with van der Waals surface area (Å²) in [4.78, 5) is 7.94. The maximum Gasteiger partial charge on any atom is 0.107 e. The van der Waals surface area contributed by atoms with Crippen molar-refractivity contribution in [3.8, 4) is 0 Å². The quantitative estimate of drug-likeness (QED) is 0.805. The van der Waals surface area contributed by atoms with Gasteiger partial charge in [0.25, 0.3) is 0 Å². The van der Waals surface area contributed by atoms with Crippen LogP contribution < -0.4 is 5.73 Å². The zero-order chi connectivity index (χ0) is 10.6. The summed E-state index contributed by atoms with van der Waals surface area (Å²) in [6.07, 6.45) is 3.05. The second-order valence-electron chi connectivity index (χ2n) is 3.75. The van der Waals surface area contributed by atoms with Crippen LogP contribution in [-0.2, 0) is 13.0 Å². The summed E-state index contributed by atoms with van der Waals surface area (Å²) >= 11 is 1.79. The molecule has 3 nitrogen and oxygen atoms in total. The average Bonchev–Trinajstić information content (AvgIpc) is 2.50. The molecule has 0 radical (unpaired) electrons. The Balaban J connectivity index is 2.43. The first-order valence-corrected chi connectivity index (χ1v) is 5.81. The molecule has 0 aliphatic rings. The minimum atomic E-state index is 0.227. The molecule has 1 aromatic rings. The lowest BCUT2D eigenvalue weighted by Crippen LogP contribution is -2.32. The fourth-order valence-corrected chi connectivity index (χ4v) is 2.31. The molecule has 80 valence electrons. The molecule has 0 saturated carbocycles. The fraction of sp³-hybridized carbons (Fsp3) is 0.700. The Labute approximate surface area is 89.9 Å². The number of aryl methyl sites for hydroxylation is 1. The molecule has 14 heavy (non-hydrogen) atoms. The Morgan fingerprint density at radius 1 is 1.64 bits per heavy atom. The summed E-state index contributed by atoms with van der Waals surface area (Å²) in [5.74, 6) is 0. The standard InChI is InChI=1S/C10H19N3S/c1-4-9-5-12-10(14-9)7-13(3)6-8(2)11/h5,8H,4,6-7,11H2,1-3H3. The van der Waals surface area contributed by atoms with Gasteiger partial charge in [-0.15, -0.1) is 11.3 Å². The third kappa shape index (κ3) is 3.74. The van der Waals surface area contributed by atoms with Gasteiger partial charge in [0, 0.05) is 23.7 Å². The van der Waals surface area contributed by atoms with Crippen molar-refractivity contribution in [2.24, 2.45) is 5.73 Å². The lowest BCUT2D eigenvalue weighted by Gasteiger charge is -2.16. The van der Waals surface area contributed by atoms with Crippen molar-refractivity contribution in [3.05, 3.63) is 16.1 Å². The highest BCUT2D eigenvalue weighted by atomic mass is 32.1. The summed E-state index contributed by atoms with van der Waals surface area (Å²) in [5, 5.41) is 1.19.